The average molecular weight is 256 g/mol. The van der Waals surface area contributed by atoms with Gasteiger partial charge in [-0.3, -0.25) is 9.69 Å². The fourth-order valence-electron chi connectivity index (χ4n) is 2.34. The van der Waals surface area contributed by atoms with Crippen molar-refractivity contribution in [3.63, 3.8) is 0 Å². The van der Waals surface area contributed by atoms with Crippen LogP contribution in [-0.4, -0.2) is 72.9 Å². The Morgan fingerprint density at radius 1 is 1.33 bits per heavy atom. The highest BCUT2D eigenvalue weighted by Gasteiger charge is 2.34. The minimum atomic E-state index is -0.421. The number of rotatable bonds is 6. The summed E-state index contributed by atoms with van der Waals surface area (Å²) in [5, 5.41) is 9.76. The smallest absolute Gasteiger partial charge is 0.225 e. The maximum atomic E-state index is 11.9. The van der Waals surface area contributed by atoms with Gasteiger partial charge in [-0.2, -0.15) is 0 Å². The molecule has 2 fully saturated rings. The lowest BCUT2D eigenvalue weighted by Gasteiger charge is -2.35. The molecule has 1 N–H and O–H groups in total. The lowest BCUT2D eigenvalue weighted by Crippen LogP contribution is -2.51. The molecule has 1 amide bonds. The van der Waals surface area contributed by atoms with Crippen molar-refractivity contribution < 1.29 is 14.6 Å². The molecule has 1 atom stereocenters. The molecule has 0 radical (unpaired) electrons. The van der Waals surface area contributed by atoms with Crippen molar-refractivity contribution in [2.24, 2.45) is 5.92 Å². The first kappa shape index (κ1) is 13.8. The van der Waals surface area contributed by atoms with Crippen molar-refractivity contribution in [1.82, 2.24) is 9.80 Å². The van der Waals surface area contributed by atoms with E-state index in [1.165, 1.54) is 0 Å². The van der Waals surface area contributed by atoms with Crippen LogP contribution in [0.1, 0.15) is 19.8 Å². The molecule has 0 spiro atoms. The average Bonchev–Trinajstić information content (AvgIpc) is 3.21. The Morgan fingerprint density at radius 2 is 2.00 bits per heavy atom. The van der Waals surface area contributed by atoms with Crippen molar-refractivity contribution in [2.75, 3.05) is 45.9 Å². The zero-order valence-electron chi connectivity index (χ0n) is 11.2. The molecule has 18 heavy (non-hydrogen) atoms. The molecule has 0 bridgehead atoms. The highest BCUT2D eigenvalue weighted by atomic mass is 16.5. The molecule has 0 unspecified atom stereocenters. The molecule has 1 heterocycles. The zero-order chi connectivity index (χ0) is 13.0. The number of carbonyl (C=O) groups excluding carboxylic acids is 1. The Hall–Kier alpha value is -0.650. The normalized spacial score (nSPS) is 23.1. The third-order valence-electron chi connectivity index (χ3n) is 3.59. The van der Waals surface area contributed by atoms with Crippen LogP contribution in [0.25, 0.3) is 0 Å². The number of hydrogen-bond acceptors (Lipinski definition) is 4. The number of β-amino-alcohol motifs (C(OH)–C–C–N with tert-alkyl or cyclic N) is 1. The van der Waals surface area contributed by atoms with Gasteiger partial charge in [-0.25, -0.2) is 0 Å². The van der Waals surface area contributed by atoms with Crippen LogP contribution in [0, 0.1) is 5.92 Å². The van der Waals surface area contributed by atoms with Crippen LogP contribution in [0.15, 0.2) is 0 Å². The maximum Gasteiger partial charge on any atom is 0.225 e. The molecule has 1 aliphatic heterocycles. The van der Waals surface area contributed by atoms with Crippen LogP contribution in [0.3, 0.4) is 0 Å². The SMILES string of the molecule is CCOC[C@H](O)CN1CCN(C(=O)C2CC2)CC1. The molecule has 0 aromatic rings. The van der Waals surface area contributed by atoms with E-state index in [4.69, 9.17) is 4.74 Å². The summed E-state index contributed by atoms with van der Waals surface area (Å²) in [7, 11) is 0. The maximum absolute atomic E-state index is 11.9. The van der Waals surface area contributed by atoms with Crippen molar-refractivity contribution in [1.29, 1.82) is 0 Å². The van der Waals surface area contributed by atoms with Crippen LogP contribution < -0.4 is 0 Å². The number of carbonyl (C=O) groups is 1. The van der Waals surface area contributed by atoms with Gasteiger partial charge in [0.25, 0.3) is 0 Å². The quantitative estimate of drug-likeness (QED) is 0.723. The first-order valence-electron chi connectivity index (χ1n) is 6.97. The summed E-state index contributed by atoms with van der Waals surface area (Å²) < 4.78 is 5.19. The standard InChI is InChI=1S/C13H24N2O3/c1-2-18-10-12(16)9-14-5-7-15(8-6-14)13(17)11-3-4-11/h11-12,16H,2-10H2,1H3/t12-/m1/s1. The number of aliphatic hydroxyl groups is 1. The van der Waals surface area contributed by atoms with Crippen molar-refractivity contribution >= 4 is 5.91 Å². The molecule has 0 aromatic heterocycles. The van der Waals surface area contributed by atoms with E-state index in [9.17, 15) is 9.90 Å². The monoisotopic (exact) mass is 256 g/mol. The number of aliphatic hydroxyl groups excluding tert-OH is 1. The van der Waals surface area contributed by atoms with Gasteiger partial charge in [0.1, 0.15) is 0 Å². The van der Waals surface area contributed by atoms with E-state index in [2.05, 4.69) is 4.90 Å². The fraction of sp³-hybridized carbons (Fsp3) is 0.923. The van der Waals surface area contributed by atoms with Crippen LogP contribution in [0.5, 0.6) is 0 Å². The van der Waals surface area contributed by atoms with E-state index in [1.807, 2.05) is 11.8 Å². The summed E-state index contributed by atoms with van der Waals surface area (Å²) in [5.41, 5.74) is 0. The van der Waals surface area contributed by atoms with E-state index in [0.717, 1.165) is 39.0 Å². The van der Waals surface area contributed by atoms with E-state index < -0.39 is 6.10 Å². The summed E-state index contributed by atoms with van der Waals surface area (Å²) in [6.45, 7) is 6.94. The molecule has 104 valence electrons. The number of nitrogens with zero attached hydrogens (tertiary/aromatic N) is 2. The topological polar surface area (TPSA) is 53.0 Å². The highest BCUT2D eigenvalue weighted by Crippen LogP contribution is 2.31. The van der Waals surface area contributed by atoms with Gasteiger partial charge in [0.05, 0.1) is 12.7 Å². The van der Waals surface area contributed by atoms with Gasteiger partial charge in [0.2, 0.25) is 5.91 Å². The van der Waals surface area contributed by atoms with E-state index in [-0.39, 0.29) is 0 Å². The molecule has 1 aliphatic carbocycles. The van der Waals surface area contributed by atoms with Crippen LogP contribution in [0.2, 0.25) is 0 Å². The second-order valence-electron chi connectivity index (χ2n) is 5.21. The molecule has 1 saturated carbocycles. The number of piperazine rings is 1. The second-order valence-corrected chi connectivity index (χ2v) is 5.21. The second kappa shape index (κ2) is 6.50. The Labute approximate surface area is 109 Å². The third kappa shape index (κ3) is 3.93. The van der Waals surface area contributed by atoms with Crippen LogP contribution >= 0.6 is 0 Å². The van der Waals surface area contributed by atoms with Crippen molar-refractivity contribution in [3.8, 4) is 0 Å². The largest absolute Gasteiger partial charge is 0.389 e. The number of amides is 1. The first-order valence-corrected chi connectivity index (χ1v) is 6.97. The molecule has 0 aromatic carbocycles. The Bertz CT molecular complexity index is 273. The fourth-order valence-corrected chi connectivity index (χ4v) is 2.34. The van der Waals surface area contributed by atoms with Gasteiger partial charge in [0, 0.05) is 45.2 Å². The van der Waals surface area contributed by atoms with Gasteiger partial charge >= 0.3 is 0 Å². The molecule has 2 rings (SSSR count). The minimum absolute atomic E-state index is 0.320. The van der Waals surface area contributed by atoms with Crippen LogP contribution in [-0.2, 0) is 9.53 Å². The van der Waals surface area contributed by atoms with E-state index in [0.29, 0.717) is 31.6 Å². The summed E-state index contributed by atoms with van der Waals surface area (Å²) in [6.07, 6.45) is 1.73. The van der Waals surface area contributed by atoms with Gasteiger partial charge in [-0.15, -0.1) is 0 Å². The van der Waals surface area contributed by atoms with Crippen molar-refractivity contribution in [3.05, 3.63) is 0 Å². The summed E-state index contributed by atoms with van der Waals surface area (Å²) in [5.74, 6) is 0.657. The predicted octanol–water partition coefficient (Wildman–Crippen LogP) is -0.0620. The molecule has 5 heteroatoms. The molecular weight excluding hydrogens is 232 g/mol. The predicted molar refractivity (Wildman–Crippen MR) is 68.2 cm³/mol. The third-order valence-corrected chi connectivity index (χ3v) is 3.59. The molecule has 1 saturated heterocycles. The summed E-state index contributed by atoms with van der Waals surface area (Å²) >= 11 is 0. The molecule has 5 nitrogen and oxygen atoms in total. The minimum Gasteiger partial charge on any atom is -0.389 e. The summed E-state index contributed by atoms with van der Waals surface area (Å²) in [6, 6.07) is 0. The van der Waals surface area contributed by atoms with E-state index in [1.54, 1.807) is 0 Å². The Balaban J connectivity index is 1.64. The van der Waals surface area contributed by atoms with Gasteiger partial charge in [-0.1, -0.05) is 0 Å². The number of hydrogen-bond donors (Lipinski definition) is 1. The van der Waals surface area contributed by atoms with Gasteiger partial charge < -0.3 is 14.7 Å². The Morgan fingerprint density at radius 3 is 2.56 bits per heavy atom. The highest BCUT2D eigenvalue weighted by molar-refractivity contribution is 5.81. The van der Waals surface area contributed by atoms with Gasteiger partial charge in [-0.05, 0) is 19.8 Å². The first-order chi connectivity index (χ1) is 8.70. The lowest BCUT2D eigenvalue weighted by molar-refractivity contribution is -0.134. The van der Waals surface area contributed by atoms with Crippen molar-refractivity contribution in [2.45, 2.75) is 25.9 Å². The van der Waals surface area contributed by atoms with Crippen LogP contribution in [0.4, 0.5) is 0 Å². The summed E-state index contributed by atoms with van der Waals surface area (Å²) in [4.78, 5) is 16.1. The zero-order valence-corrected chi connectivity index (χ0v) is 11.2. The molecule has 2 aliphatic rings. The molecular formula is C13H24N2O3. The lowest BCUT2D eigenvalue weighted by atomic mass is 10.2. The van der Waals surface area contributed by atoms with E-state index >= 15 is 0 Å². The number of ether oxygens (including phenoxy) is 1. The Kier molecular flexibility index (Phi) is 4.97. The van der Waals surface area contributed by atoms with Gasteiger partial charge in [0.15, 0.2) is 0 Å².